The number of carbonyl (C=O) groups is 3. The van der Waals surface area contributed by atoms with Gasteiger partial charge in [-0.3, -0.25) is 19.3 Å². The molecule has 0 radical (unpaired) electrons. The van der Waals surface area contributed by atoms with Crippen LogP contribution in [0, 0.1) is 5.92 Å². The normalized spacial score (nSPS) is 16.5. The van der Waals surface area contributed by atoms with Crippen LogP contribution >= 0.6 is 11.8 Å². The molecule has 31 heavy (non-hydrogen) atoms. The molecule has 6 nitrogen and oxygen atoms in total. The maximum absolute atomic E-state index is 12.8. The van der Waals surface area contributed by atoms with E-state index >= 15 is 0 Å². The van der Waals surface area contributed by atoms with E-state index in [-0.39, 0.29) is 39.9 Å². The van der Waals surface area contributed by atoms with E-state index in [9.17, 15) is 19.5 Å². The average molecular weight is 447 g/mol. The number of rotatable bonds is 5. The van der Waals surface area contributed by atoms with Crippen LogP contribution in [-0.4, -0.2) is 40.1 Å². The van der Waals surface area contributed by atoms with Gasteiger partial charge in [0.2, 0.25) is 5.91 Å². The van der Waals surface area contributed by atoms with Gasteiger partial charge >= 0.3 is 0 Å². The van der Waals surface area contributed by atoms with E-state index < -0.39 is 11.1 Å². The first-order chi connectivity index (χ1) is 14.1. The molecule has 0 aromatic heterocycles. The molecule has 170 valence electrons. The number of benzene rings is 1. The summed E-state index contributed by atoms with van der Waals surface area (Å²) in [6.45, 7) is 16.2. The summed E-state index contributed by atoms with van der Waals surface area (Å²) in [6.07, 6.45) is 1.67. The van der Waals surface area contributed by atoms with E-state index in [1.165, 1.54) is 0 Å². The Bertz CT molecular complexity index is 885. The van der Waals surface area contributed by atoms with Gasteiger partial charge in [0.25, 0.3) is 11.1 Å². The first kappa shape index (κ1) is 25.0. The second-order valence-corrected chi connectivity index (χ2v) is 11.4. The number of hydrogen-bond acceptors (Lipinski definition) is 5. The second-order valence-electron chi connectivity index (χ2n) is 10.4. The van der Waals surface area contributed by atoms with Crippen LogP contribution in [0.2, 0.25) is 0 Å². The molecule has 1 aromatic rings. The van der Waals surface area contributed by atoms with E-state index in [2.05, 4.69) is 5.32 Å². The highest BCUT2D eigenvalue weighted by atomic mass is 32.2. The number of phenolic OH excluding ortho intramolecular Hbond substituents is 1. The van der Waals surface area contributed by atoms with Gasteiger partial charge in [0.15, 0.2) is 0 Å². The standard InChI is InChI=1S/C24H34N2O4S/c1-14(2)12-25-19(27)13-26-21(29)18(31-22(26)30)11-15-9-16(23(3,4)5)20(28)17(10-15)24(6,7)8/h9-11,14,28H,12-13H2,1-8H3,(H,25,27)/b18-11-. The number of nitrogens with zero attached hydrogens (tertiary/aromatic N) is 1. The van der Waals surface area contributed by atoms with Gasteiger partial charge in [-0.1, -0.05) is 55.4 Å². The van der Waals surface area contributed by atoms with Gasteiger partial charge in [0.05, 0.1) is 4.91 Å². The third kappa shape index (κ3) is 6.12. The lowest BCUT2D eigenvalue weighted by Crippen LogP contribution is -2.40. The van der Waals surface area contributed by atoms with Gasteiger partial charge in [0.1, 0.15) is 12.3 Å². The van der Waals surface area contributed by atoms with Crippen LogP contribution < -0.4 is 5.32 Å². The summed E-state index contributed by atoms with van der Waals surface area (Å²) in [5.74, 6) is -0.293. The predicted octanol–water partition coefficient (Wildman–Crippen LogP) is 4.80. The number of amides is 3. The van der Waals surface area contributed by atoms with Gasteiger partial charge < -0.3 is 10.4 Å². The summed E-state index contributed by atoms with van der Waals surface area (Å²) in [6, 6.07) is 3.71. The Balaban J connectivity index is 2.38. The number of aromatic hydroxyl groups is 1. The third-order valence-corrected chi connectivity index (χ3v) is 5.84. The van der Waals surface area contributed by atoms with Crippen LogP contribution in [0.15, 0.2) is 17.0 Å². The minimum Gasteiger partial charge on any atom is -0.507 e. The zero-order valence-corrected chi connectivity index (χ0v) is 20.6. The van der Waals surface area contributed by atoms with Crippen molar-refractivity contribution < 1.29 is 19.5 Å². The molecule has 7 heteroatoms. The fourth-order valence-corrected chi connectivity index (χ4v) is 4.03. The van der Waals surface area contributed by atoms with Gasteiger partial charge in [-0.05, 0) is 52.3 Å². The lowest BCUT2D eigenvalue weighted by Gasteiger charge is -2.28. The largest absolute Gasteiger partial charge is 0.507 e. The molecule has 2 rings (SSSR count). The second kappa shape index (κ2) is 9.07. The van der Waals surface area contributed by atoms with Crippen LogP contribution in [0.25, 0.3) is 6.08 Å². The van der Waals surface area contributed by atoms with E-state index in [4.69, 9.17) is 0 Å². The average Bonchev–Trinajstić information content (AvgIpc) is 2.86. The monoisotopic (exact) mass is 446 g/mol. The van der Waals surface area contributed by atoms with Crippen LogP contribution in [0.1, 0.15) is 72.1 Å². The summed E-state index contributed by atoms with van der Waals surface area (Å²) in [7, 11) is 0. The van der Waals surface area contributed by atoms with Crippen molar-refractivity contribution in [1.82, 2.24) is 10.2 Å². The van der Waals surface area contributed by atoms with Crippen molar-refractivity contribution in [2.75, 3.05) is 13.1 Å². The van der Waals surface area contributed by atoms with Gasteiger partial charge in [-0.25, -0.2) is 0 Å². The highest BCUT2D eigenvalue weighted by Gasteiger charge is 2.36. The molecule has 1 aliphatic rings. The molecular weight excluding hydrogens is 412 g/mol. The molecule has 0 atom stereocenters. The summed E-state index contributed by atoms with van der Waals surface area (Å²) in [5.41, 5.74) is 1.68. The molecular formula is C24H34N2O4S. The van der Waals surface area contributed by atoms with E-state index in [0.717, 1.165) is 33.4 Å². The quantitative estimate of drug-likeness (QED) is 0.635. The van der Waals surface area contributed by atoms with Crippen LogP contribution in [-0.2, 0) is 20.4 Å². The van der Waals surface area contributed by atoms with E-state index in [0.29, 0.717) is 6.54 Å². The van der Waals surface area contributed by atoms with Gasteiger partial charge in [0, 0.05) is 17.7 Å². The first-order valence-electron chi connectivity index (χ1n) is 10.5. The molecule has 0 bridgehead atoms. The third-order valence-electron chi connectivity index (χ3n) is 4.93. The van der Waals surface area contributed by atoms with E-state index in [1.807, 2.05) is 67.5 Å². The molecule has 1 fully saturated rings. The molecule has 0 aliphatic carbocycles. The number of nitrogens with one attached hydrogen (secondary N) is 1. The van der Waals surface area contributed by atoms with Crippen LogP contribution in [0.3, 0.4) is 0 Å². The van der Waals surface area contributed by atoms with Crippen molar-refractivity contribution in [3.05, 3.63) is 33.7 Å². The summed E-state index contributed by atoms with van der Waals surface area (Å²) < 4.78 is 0. The molecule has 0 saturated carbocycles. The van der Waals surface area contributed by atoms with Crippen molar-refractivity contribution in [1.29, 1.82) is 0 Å². The Labute approximate surface area is 189 Å². The number of hydrogen-bond donors (Lipinski definition) is 2. The lowest BCUT2D eigenvalue weighted by molar-refractivity contribution is -0.129. The van der Waals surface area contributed by atoms with Crippen LogP contribution in [0.5, 0.6) is 5.75 Å². The van der Waals surface area contributed by atoms with Crippen molar-refractivity contribution in [2.45, 2.75) is 66.2 Å². The topological polar surface area (TPSA) is 86.7 Å². The highest BCUT2D eigenvalue weighted by Crippen LogP contribution is 2.41. The predicted molar refractivity (Wildman–Crippen MR) is 126 cm³/mol. The SMILES string of the molecule is CC(C)CNC(=O)CN1C(=O)S/C(=C\c2cc(C(C)(C)C)c(O)c(C(C)(C)C)c2)C1=O. The maximum atomic E-state index is 12.8. The Hall–Kier alpha value is -2.28. The first-order valence-corrected chi connectivity index (χ1v) is 11.3. The lowest BCUT2D eigenvalue weighted by atomic mass is 9.78. The molecule has 1 heterocycles. The number of imide groups is 1. The fraction of sp³-hybridized carbons (Fsp3) is 0.542. The Morgan fingerprint density at radius 1 is 1.10 bits per heavy atom. The Kier molecular flexibility index (Phi) is 7.31. The maximum Gasteiger partial charge on any atom is 0.294 e. The molecule has 1 saturated heterocycles. The summed E-state index contributed by atoms with van der Waals surface area (Å²) in [5, 5.41) is 13.1. The Morgan fingerprint density at radius 3 is 2.06 bits per heavy atom. The molecule has 2 N–H and O–H groups in total. The van der Waals surface area contributed by atoms with Crippen molar-refractivity contribution >= 4 is 34.9 Å². The summed E-state index contributed by atoms with van der Waals surface area (Å²) >= 11 is 0.830. The minimum absolute atomic E-state index is 0.257. The van der Waals surface area contributed by atoms with Crippen molar-refractivity contribution in [3.63, 3.8) is 0 Å². The van der Waals surface area contributed by atoms with Crippen molar-refractivity contribution in [3.8, 4) is 5.75 Å². The zero-order chi connectivity index (χ0) is 23.7. The summed E-state index contributed by atoms with van der Waals surface area (Å²) in [4.78, 5) is 38.5. The number of thioether (sulfide) groups is 1. The molecule has 1 aromatic carbocycles. The van der Waals surface area contributed by atoms with Crippen LogP contribution in [0.4, 0.5) is 4.79 Å². The van der Waals surface area contributed by atoms with Crippen molar-refractivity contribution in [2.24, 2.45) is 5.92 Å². The highest BCUT2D eigenvalue weighted by molar-refractivity contribution is 8.18. The number of phenols is 1. The van der Waals surface area contributed by atoms with E-state index in [1.54, 1.807) is 6.08 Å². The molecule has 1 aliphatic heterocycles. The number of carbonyl (C=O) groups excluding carboxylic acids is 3. The fourth-order valence-electron chi connectivity index (χ4n) is 3.19. The molecule has 0 spiro atoms. The molecule has 3 amide bonds. The zero-order valence-electron chi connectivity index (χ0n) is 19.8. The van der Waals surface area contributed by atoms with Gasteiger partial charge in [-0.15, -0.1) is 0 Å². The smallest absolute Gasteiger partial charge is 0.294 e. The minimum atomic E-state index is -0.475. The molecule has 0 unspecified atom stereocenters. The van der Waals surface area contributed by atoms with Gasteiger partial charge in [-0.2, -0.15) is 0 Å². The Morgan fingerprint density at radius 2 is 1.61 bits per heavy atom.